The SMILES string of the molecule is CCOc1cccc(CNC(=O)C2CCN(Cc3nc(-c4ccccc4C)no3)CC2)c1. The summed E-state index contributed by atoms with van der Waals surface area (Å²) in [6.07, 6.45) is 1.65. The minimum atomic E-state index is 0.0338. The summed E-state index contributed by atoms with van der Waals surface area (Å²) in [5.41, 5.74) is 3.16. The third-order valence-electron chi connectivity index (χ3n) is 5.85. The molecule has 1 aromatic heterocycles. The molecule has 1 aliphatic rings. The van der Waals surface area contributed by atoms with Gasteiger partial charge >= 0.3 is 0 Å². The number of carbonyl (C=O) groups excluding carboxylic acids is 1. The van der Waals surface area contributed by atoms with Gasteiger partial charge in [0.15, 0.2) is 0 Å². The van der Waals surface area contributed by atoms with Crippen LogP contribution in [0.25, 0.3) is 11.4 Å². The number of amides is 1. The lowest BCUT2D eigenvalue weighted by atomic mass is 9.96. The Morgan fingerprint density at radius 3 is 2.78 bits per heavy atom. The van der Waals surface area contributed by atoms with E-state index in [0.29, 0.717) is 31.4 Å². The molecule has 0 radical (unpaired) electrons. The summed E-state index contributed by atoms with van der Waals surface area (Å²) in [7, 11) is 0. The van der Waals surface area contributed by atoms with E-state index in [2.05, 4.69) is 20.4 Å². The molecule has 3 aromatic rings. The molecule has 2 heterocycles. The molecular formula is C25H30N4O3. The van der Waals surface area contributed by atoms with Crippen molar-refractivity contribution in [3.63, 3.8) is 0 Å². The van der Waals surface area contributed by atoms with Crippen molar-refractivity contribution in [2.24, 2.45) is 5.92 Å². The highest BCUT2D eigenvalue weighted by Gasteiger charge is 2.26. The summed E-state index contributed by atoms with van der Waals surface area (Å²) in [6, 6.07) is 15.9. The summed E-state index contributed by atoms with van der Waals surface area (Å²) in [6.45, 7) is 7.42. The van der Waals surface area contributed by atoms with Gasteiger partial charge in [-0.15, -0.1) is 0 Å². The van der Waals surface area contributed by atoms with Crippen LogP contribution < -0.4 is 10.1 Å². The van der Waals surface area contributed by atoms with Crippen molar-refractivity contribution in [3.05, 3.63) is 65.5 Å². The number of carbonyl (C=O) groups is 1. The van der Waals surface area contributed by atoms with Gasteiger partial charge in [-0.05, 0) is 63.0 Å². The van der Waals surface area contributed by atoms with E-state index >= 15 is 0 Å². The molecule has 1 saturated heterocycles. The fraction of sp³-hybridized carbons (Fsp3) is 0.400. The van der Waals surface area contributed by atoms with Crippen molar-refractivity contribution in [1.29, 1.82) is 0 Å². The van der Waals surface area contributed by atoms with Crippen LogP contribution in [0.3, 0.4) is 0 Å². The maximum Gasteiger partial charge on any atom is 0.241 e. The van der Waals surface area contributed by atoms with E-state index in [-0.39, 0.29) is 11.8 Å². The molecule has 4 rings (SSSR count). The largest absolute Gasteiger partial charge is 0.494 e. The average Bonchev–Trinajstić information content (AvgIpc) is 3.27. The summed E-state index contributed by atoms with van der Waals surface area (Å²) in [5.74, 6) is 2.22. The maximum atomic E-state index is 12.6. The van der Waals surface area contributed by atoms with Crippen LogP contribution in [0.5, 0.6) is 5.75 Å². The number of hydrogen-bond acceptors (Lipinski definition) is 6. The van der Waals surface area contributed by atoms with Crippen molar-refractivity contribution in [1.82, 2.24) is 20.4 Å². The summed E-state index contributed by atoms with van der Waals surface area (Å²) >= 11 is 0. The summed E-state index contributed by atoms with van der Waals surface area (Å²) in [5, 5.41) is 7.22. The molecule has 2 aromatic carbocycles. The molecule has 0 bridgehead atoms. The van der Waals surface area contributed by atoms with Gasteiger partial charge in [0, 0.05) is 18.0 Å². The highest BCUT2D eigenvalue weighted by molar-refractivity contribution is 5.78. The number of ether oxygens (including phenoxy) is 1. The number of likely N-dealkylation sites (tertiary alicyclic amines) is 1. The first-order valence-corrected chi connectivity index (χ1v) is 11.2. The Morgan fingerprint density at radius 2 is 2.00 bits per heavy atom. The molecular weight excluding hydrogens is 404 g/mol. The molecule has 0 spiro atoms. The Kier molecular flexibility index (Phi) is 7.17. The highest BCUT2D eigenvalue weighted by atomic mass is 16.5. The number of nitrogens with one attached hydrogen (secondary N) is 1. The van der Waals surface area contributed by atoms with Crippen molar-refractivity contribution in [2.75, 3.05) is 19.7 Å². The fourth-order valence-electron chi connectivity index (χ4n) is 4.04. The van der Waals surface area contributed by atoms with Gasteiger partial charge in [-0.3, -0.25) is 9.69 Å². The second-order valence-corrected chi connectivity index (χ2v) is 8.18. The van der Waals surface area contributed by atoms with Crippen molar-refractivity contribution >= 4 is 5.91 Å². The third-order valence-corrected chi connectivity index (χ3v) is 5.85. The zero-order chi connectivity index (χ0) is 22.3. The molecule has 0 saturated carbocycles. The first-order valence-electron chi connectivity index (χ1n) is 11.2. The number of aromatic nitrogens is 2. The molecule has 32 heavy (non-hydrogen) atoms. The number of aryl methyl sites for hydroxylation is 1. The summed E-state index contributed by atoms with van der Waals surface area (Å²) in [4.78, 5) is 19.5. The summed E-state index contributed by atoms with van der Waals surface area (Å²) < 4.78 is 11.0. The topological polar surface area (TPSA) is 80.5 Å². The van der Waals surface area contributed by atoms with Crippen LogP contribution in [0.15, 0.2) is 53.1 Å². The zero-order valence-corrected chi connectivity index (χ0v) is 18.7. The van der Waals surface area contributed by atoms with Crippen molar-refractivity contribution in [2.45, 2.75) is 39.8 Å². The standard InChI is InChI=1S/C25H30N4O3/c1-3-31-21-9-6-8-19(15-21)16-26-25(30)20-11-13-29(14-12-20)17-23-27-24(28-32-23)22-10-5-4-7-18(22)2/h4-10,15,20H,3,11-14,16-17H2,1-2H3,(H,26,30). The average molecular weight is 435 g/mol. The normalized spacial score (nSPS) is 14.9. The highest BCUT2D eigenvalue weighted by Crippen LogP contribution is 2.22. The second kappa shape index (κ2) is 10.4. The fourth-order valence-corrected chi connectivity index (χ4v) is 4.04. The van der Waals surface area contributed by atoms with E-state index in [1.54, 1.807) is 0 Å². The lowest BCUT2D eigenvalue weighted by molar-refractivity contribution is -0.126. The number of piperidine rings is 1. The van der Waals surface area contributed by atoms with Gasteiger partial charge in [-0.2, -0.15) is 4.98 Å². The number of nitrogens with zero attached hydrogens (tertiary/aromatic N) is 3. The molecule has 168 valence electrons. The van der Waals surface area contributed by atoms with Crippen molar-refractivity contribution < 1.29 is 14.1 Å². The monoisotopic (exact) mass is 434 g/mol. The van der Waals surface area contributed by atoms with Crippen LogP contribution in [-0.4, -0.2) is 40.6 Å². The molecule has 7 heteroatoms. The van der Waals surface area contributed by atoms with Crippen LogP contribution in [-0.2, 0) is 17.9 Å². The van der Waals surface area contributed by atoms with E-state index < -0.39 is 0 Å². The Balaban J connectivity index is 1.24. The van der Waals surface area contributed by atoms with Gasteiger partial charge in [0.05, 0.1) is 13.2 Å². The van der Waals surface area contributed by atoms with Crippen LogP contribution >= 0.6 is 0 Å². The molecule has 1 N–H and O–H groups in total. The van der Waals surface area contributed by atoms with Gasteiger partial charge in [-0.1, -0.05) is 41.6 Å². The Hall–Kier alpha value is -3.19. The quantitative estimate of drug-likeness (QED) is 0.578. The molecule has 1 aliphatic heterocycles. The van der Waals surface area contributed by atoms with Gasteiger partial charge in [0.25, 0.3) is 0 Å². The van der Waals surface area contributed by atoms with Crippen LogP contribution in [0, 0.1) is 12.8 Å². The van der Waals surface area contributed by atoms with Crippen LogP contribution in [0.4, 0.5) is 0 Å². The number of benzene rings is 2. The Bertz CT molecular complexity index is 1040. The molecule has 0 aliphatic carbocycles. The van der Waals surface area contributed by atoms with E-state index in [9.17, 15) is 4.79 Å². The van der Waals surface area contributed by atoms with E-state index in [1.807, 2.05) is 62.4 Å². The maximum absolute atomic E-state index is 12.6. The lowest BCUT2D eigenvalue weighted by Crippen LogP contribution is -2.40. The minimum Gasteiger partial charge on any atom is -0.494 e. The third kappa shape index (κ3) is 5.53. The van der Waals surface area contributed by atoms with Gasteiger partial charge in [0.1, 0.15) is 5.75 Å². The first kappa shape index (κ1) is 22.0. The van der Waals surface area contributed by atoms with Gasteiger partial charge < -0.3 is 14.6 Å². The molecule has 0 atom stereocenters. The predicted octanol–water partition coefficient (Wildman–Crippen LogP) is 3.97. The van der Waals surface area contributed by atoms with Crippen molar-refractivity contribution in [3.8, 4) is 17.1 Å². The van der Waals surface area contributed by atoms with Gasteiger partial charge in [-0.25, -0.2) is 0 Å². The van der Waals surface area contributed by atoms with E-state index in [0.717, 1.165) is 48.4 Å². The molecule has 7 nitrogen and oxygen atoms in total. The molecule has 1 fully saturated rings. The van der Waals surface area contributed by atoms with Crippen LogP contribution in [0.2, 0.25) is 0 Å². The zero-order valence-electron chi connectivity index (χ0n) is 18.7. The lowest BCUT2D eigenvalue weighted by Gasteiger charge is -2.30. The van der Waals surface area contributed by atoms with Gasteiger partial charge in [0.2, 0.25) is 17.6 Å². The smallest absolute Gasteiger partial charge is 0.241 e. The first-order chi connectivity index (χ1) is 15.6. The van der Waals surface area contributed by atoms with Crippen LogP contribution in [0.1, 0.15) is 36.8 Å². The molecule has 0 unspecified atom stereocenters. The van der Waals surface area contributed by atoms with E-state index in [1.165, 1.54) is 0 Å². The number of hydrogen-bond donors (Lipinski definition) is 1. The Morgan fingerprint density at radius 1 is 1.19 bits per heavy atom. The van der Waals surface area contributed by atoms with E-state index in [4.69, 9.17) is 9.26 Å². The minimum absolute atomic E-state index is 0.0338. The molecule has 1 amide bonds. The Labute approximate surface area is 188 Å². The second-order valence-electron chi connectivity index (χ2n) is 8.18. The predicted molar refractivity (Wildman–Crippen MR) is 122 cm³/mol. The number of rotatable bonds is 8.